The second-order valence-corrected chi connectivity index (χ2v) is 6.34. The number of hydrogen-bond acceptors (Lipinski definition) is 2. The number of benzene rings is 1. The average Bonchev–Trinajstić information content (AvgIpc) is 2.93. The van der Waals surface area contributed by atoms with Gasteiger partial charge in [-0.3, -0.25) is 4.79 Å². The highest BCUT2D eigenvalue weighted by molar-refractivity contribution is 7.10. The quantitative estimate of drug-likeness (QED) is 0.809. The Balaban J connectivity index is 1.92. The molecule has 1 aliphatic rings. The Bertz CT molecular complexity index is 631. The Hall–Kier alpha value is -1.61. The predicted molar refractivity (Wildman–Crippen MR) is 83.3 cm³/mol. The second kappa shape index (κ2) is 5.41. The minimum absolute atomic E-state index is 0.164. The van der Waals surface area contributed by atoms with Crippen LogP contribution in [0, 0.1) is 6.92 Å². The molecule has 0 aliphatic carbocycles. The van der Waals surface area contributed by atoms with Crippen molar-refractivity contribution in [3.05, 3.63) is 57.3 Å². The van der Waals surface area contributed by atoms with Crippen LogP contribution in [0.4, 0.5) is 0 Å². The molecule has 3 heteroatoms. The summed E-state index contributed by atoms with van der Waals surface area (Å²) in [4.78, 5) is 16.3. The molecule has 2 heterocycles. The highest BCUT2D eigenvalue weighted by Gasteiger charge is 2.30. The van der Waals surface area contributed by atoms with E-state index in [2.05, 4.69) is 18.4 Å². The lowest BCUT2D eigenvalue weighted by atomic mass is 9.96. The van der Waals surface area contributed by atoms with Gasteiger partial charge in [0.2, 0.25) is 0 Å². The molecule has 3 rings (SSSR count). The lowest BCUT2D eigenvalue weighted by molar-refractivity contribution is 0.0657. The fourth-order valence-electron chi connectivity index (χ4n) is 3.02. The number of nitrogens with zero attached hydrogens (tertiary/aromatic N) is 1. The van der Waals surface area contributed by atoms with Crippen molar-refractivity contribution in [2.75, 3.05) is 6.54 Å². The molecular weight excluding hydrogens is 266 g/mol. The minimum atomic E-state index is 0.164. The van der Waals surface area contributed by atoms with Gasteiger partial charge < -0.3 is 4.90 Å². The van der Waals surface area contributed by atoms with Gasteiger partial charge in [0.15, 0.2) is 0 Å². The third kappa shape index (κ3) is 2.27. The van der Waals surface area contributed by atoms with Gasteiger partial charge in [0.05, 0.1) is 6.04 Å². The summed E-state index contributed by atoms with van der Waals surface area (Å²) in [5.74, 6) is 0.164. The molecule has 2 aromatic rings. The van der Waals surface area contributed by atoms with Gasteiger partial charge in [-0.2, -0.15) is 0 Å². The molecule has 0 saturated heterocycles. The number of amides is 1. The van der Waals surface area contributed by atoms with Crippen LogP contribution in [0.25, 0.3) is 0 Å². The van der Waals surface area contributed by atoms with Crippen LogP contribution < -0.4 is 0 Å². The maximum Gasteiger partial charge on any atom is 0.254 e. The van der Waals surface area contributed by atoms with E-state index in [1.54, 1.807) is 0 Å². The topological polar surface area (TPSA) is 20.3 Å². The van der Waals surface area contributed by atoms with E-state index in [1.807, 2.05) is 47.4 Å². The smallest absolute Gasteiger partial charge is 0.254 e. The van der Waals surface area contributed by atoms with Crippen LogP contribution in [0.2, 0.25) is 0 Å². The summed E-state index contributed by atoms with van der Waals surface area (Å²) in [5, 5.41) is 2.15. The standard InChI is InChI=1S/C17H19NOS/c1-3-15-14-8-10-20-16(14)7-9-18(15)17(19)13-6-4-5-12(2)11-13/h4-6,8,10-11,15H,3,7,9H2,1-2H3. The van der Waals surface area contributed by atoms with Gasteiger partial charge in [0, 0.05) is 17.0 Å². The summed E-state index contributed by atoms with van der Waals surface area (Å²) >= 11 is 1.82. The van der Waals surface area contributed by atoms with E-state index in [1.165, 1.54) is 10.4 Å². The summed E-state index contributed by atoms with van der Waals surface area (Å²) in [7, 11) is 0. The highest BCUT2D eigenvalue weighted by atomic mass is 32.1. The number of carbonyl (C=O) groups excluding carboxylic acids is 1. The lowest BCUT2D eigenvalue weighted by Gasteiger charge is -2.35. The molecule has 0 fully saturated rings. The third-order valence-corrected chi connectivity index (χ3v) is 5.00. The van der Waals surface area contributed by atoms with Crippen molar-refractivity contribution in [1.82, 2.24) is 4.90 Å². The predicted octanol–water partition coefficient (Wildman–Crippen LogP) is 4.21. The fourth-order valence-corrected chi connectivity index (χ4v) is 3.95. The van der Waals surface area contributed by atoms with Crippen LogP contribution >= 0.6 is 11.3 Å². The number of thiophene rings is 1. The van der Waals surface area contributed by atoms with E-state index in [4.69, 9.17) is 0 Å². The summed E-state index contributed by atoms with van der Waals surface area (Å²) in [6.45, 7) is 5.02. The molecule has 1 unspecified atom stereocenters. The maximum absolute atomic E-state index is 12.8. The molecule has 104 valence electrons. The van der Waals surface area contributed by atoms with Crippen molar-refractivity contribution in [2.24, 2.45) is 0 Å². The molecule has 1 aromatic carbocycles. The Labute approximate surface area is 124 Å². The Morgan fingerprint density at radius 1 is 1.40 bits per heavy atom. The molecule has 1 aromatic heterocycles. The lowest BCUT2D eigenvalue weighted by Crippen LogP contribution is -2.39. The first-order valence-electron chi connectivity index (χ1n) is 7.14. The minimum Gasteiger partial charge on any atom is -0.331 e. The molecule has 0 radical (unpaired) electrons. The molecule has 0 saturated carbocycles. The number of rotatable bonds is 2. The van der Waals surface area contributed by atoms with E-state index in [9.17, 15) is 4.79 Å². The zero-order chi connectivity index (χ0) is 14.1. The van der Waals surface area contributed by atoms with E-state index >= 15 is 0 Å². The Morgan fingerprint density at radius 2 is 2.25 bits per heavy atom. The molecule has 2 nitrogen and oxygen atoms in total. The number of hydrogen-bond donors (Lipinski definition) is 0. The molecule has 1 aliphatic heterocycles. The van der Waals surface area contributed by atoms with Crippen molar-refractivity contribution >= 4 is 17.2 Å². The molecule has 0 spiro atoms. The first-order chi connectivity index (χ1) is 9.70. The van der Waals surface area contributed by atoms with E-state index in [-0.39, 0.29) is 11.9 Å². The monoisotopic (exact) mass is 285 g/mol. The van der Waals surface area contributed by atoms with Gasteiger partial charge in [0.25, 0.3) is 5.91 Å². The molecule has 0 N–H and O–H groups in total. The van der Waals surface area contributed by atoms with Gasteiger partial charge in [-0.1, -0.05) is 24.6 Å². The van der Waals surface area contributed by atoms with Crippen LogP contribution in [0.1, 0.15) is 45.7 Å². The SMILES string of the molecule is CCC1c2ccsc2CCN1C(=O)c1cccc(C)c1. The average molecular weight is 285 g/mol. The van der Waals surface area contributed by atoms with E-state index in [0.717, 1.165) is 30.5 Å². The maximum atomic E-state index is 12.8. The van der Waals surface area contributed by atoms with Crippen molar-refractivity contribution in [3.63, 3.8) is 0 Å². The summed E-state index contributed by atoms with van der Waals surface area (Å²) in [5.41, 5.74) is 3.30. The van der Waals surface area contributed by atoms with Crippen molar-refractivity contribution in [1.29, 1.82) is 0 Å². The largest absolute Gasteiger partial charge is 0.331 e. The molecule has 1 atom stereocenters. The Morgan fingerprint density at radius 3 is 3.00 bits per heavy atom. The van der Waals surface area contributed by atoms with E-state index in [0.29, 0.717) is 0 Å². The molecule has 0 bridgehead atoms. The molecule has 20 heavy (non-hydrogen) atoms. The summed E-state index contributed by atoms with van der Waals surface area (Å²) in [6.07, 6.45) is 1.96. The first-order valence-corrected chi connectivity index (χ1v) is 8.02. The first kappa shape index (κ1) is 13.4. The van der Waals surface area contributed by atoms with Crippen LogP contribution in [0.15, 0.2) is 35.7 Å². The van der Waals surface area contributed by atoms with Gasteiger partial charge >= 0.3 is 0 Å². The zero-order valence-corrected chi connectivity index (χ0v) is 12.7. The highest BCUT2D eigenvalue weighted by Crippen LogP contribution is 2.35. The molecular formula is C17H19NOS. The van der Waals surface area contributed by atoms with Crippen molar-refractivity contribution in [2.45, 2.75) is 32.7 Å². The number of carbonyl (C=O) groups is 1. The van der Waals surface area contributed by atoms with Gasteiger partial charge in [-0.25, -0.2) is 0 Å². The third-order valence-electron chi connectivity index (χ3n) is 4.01. The zero-order valence-electron chi connectivity index (χ0n) is 11.9. The van der Waals surface area contributed by atoms with Crippen LogP contribution in [0.5, 0.6) is 0 Å². The summed E-state index contributed by atoms with van der Waals surface area (Å²) < 4.78 is 0. The Kier molecular flexibility index (Phi) is 3.62. The number of fused-ring (bicyclic) bond motifs is 1. The molecule has 1 amide bonds. The van der Waals surface area contributed by atoms with Gasteiger partial charge in [0.1, 0.15) is 0 Å². The van der Waals surface area contributed by atoms with Crippen LogP contribution in [-0.4, -0.2) is 17.4 Å². The number of aryl methyl sites for hydroxylation is 1. The van der Waals surface area contributed by atoms with E-state index < -0.39 is 0 Å². The van der Waals surface area contributed by atoms with Crippen molar-refractivity contribution < 1.29 is 4.79 Å². The van der Waals surface area contributed by atoms with Crippen molar-refractivity contribution in [3.8, 4) is 0 Å². The van der Waals surface area contributed by atoms with Gasteiger partial charge in [-0.05, 0) is 48.9 Å². The van der Waals surface area contributed by atoms with Gasteiger partial charge in [-0.15, -0.1) is 11.3 Å². The second-order valence-electron chi connectivity index (χ2n) is 5.34. The summed E-state index contributed by atoms with van der Waals surface area (Å²) in [6, 6.07) is 10.3. The van der Waals surface area contributed by atoms with Crippen LogP contribution in [0.3, 0.4) is 0 Å². The van der Waals surface area contributed by atoms with Crippen LogP contribution in [-0.2, 0) is 6.42 Å². The normalized spacial score (nSPS) is 17.9. The fraction of sp³-hybridized carbons (Fsp3) is 0.353.